The Morgan fingerprint density at radius 2 is 1.17 bits per heavy atom. The first kappa shape index (κ1) is 23.1. The second-order valence-corrected chi connectivity index (χ2v) is 11.3. The minimum atomic E-state index is 0.298. The van der Waals surface area contributed by atoms with Gasteiger partial charge in [0, 0.05) is 13.2 Å². The van der Waals surface area contributed by atoms with Crippen molar-refractivity contribution in [3.8, 4) is 0 Å². The van der Waals surface area contributed by atoms with E-state index in [1.807, 2.05) is 0 Å². The van der Waals surface area contributed by atoms with E-state index >= 15 is 0 Å². The molecule has 0 heterocycles. The molecule has 0 saturated heterocycles. The van der Waals surface area contributed by atoms with Crippen molar-refractivity contribution in [3.05, 3.63) is 0 Å². The van der Waals surface area contributed by atoms with Crippen LogP contribution in [0.15, 0.2) is 0 Å². The zero-order chi connectivity index (χ0) is 20.6. The molecule has 3 heteroatoms. The molecule has 0 N–H and O–H groups in total. The molecule has 4 atom stereocenters. The van der Waals surface area contributed by atoms with Crippen LogP contribution >= 0.6 is 0 Å². The molecule has 4 saturated carbocycles. The summed E-state index contributed by atoms with van der Waals surface area (Å²) in [6, 6.07) is 0. The predicted molar refractivity (Wildman–Crippen MR) is 123 cm³/mol. The van der Waals surface area contributed by atoms with Crippen LogP contribution in [0.25, 0.3) is 0 Å². The fraction of sp³-hybridized carbons (Fsp3) is 1.00. The van der Waals surface area contributed by atoms with E-state index in [1.54, 1.807) is 0 Å². The molecule has 0 aromatic carbocycles. The number of hydrogen-bond donors (Lipinski definition) is 0. The summed E-state index contributed by atoms with van der Waals surface area (Å²) in [6.07, 6.45) is 21.2. The van der Waals surface area contributed by atoms with Crippen LogP contribution in [0.1, 0.15) is 103 Å². The predicted octanol–water partition coefficient (Wildman–Crippen LogP) is 6.78. The lowest BCUT2D eigenvalue weighted by Crippen LogP contribution is -2.44. The van der Waals surface area contributed by atoms with Crippen LogP contribution in [0, 0.1) is 29.6 Å². The maximum absolute atomic E-state index is 6.58. The van der Waals surface area contributed by atoms with Gasteiger partial charge in [-0.15, -0.1) is 0 Å². The van der Waals surface area contributed by atoms with Gasteiger partial charge in [-0.3, -0.25) is 0 Å². The first-order valence-electron chi connectivity index (χ1n) is 13.6. The van der Waals surface area contributed by atoms with E-state index in [0.717, 1.165) is 56.0 Å². The molecule has 4 unspecified atom stereocenters. The van der Waals surface area contributed by atoms with Gasteiger partial charge in [-0.1, -0.05) is 64.7 Å². The normalized spacial score (nSPS) is 38.3. The maximum atomic E-state index is 6.58. The van der Waals surface area contributed by atoms with E-state index in [2.05, 4.69) is 6.92 Å². The lowest BCUT2D eigenvalue weighted by Gasteiger charge is -2.44. The van der Waals surface area contributed by atoms with Gasteiger partial charge in [-0.25, -0.2) is 0 Å². The molecule has 4 fully saturated rings. The van der Waals surface area contributed by atoms with Crippen molar-refractivity contribution in [2.75, 3.05) is 26.4 Å². The second kappa shape index (κ2) is 12.2. The van der Waals surface area contributed by atoms with Crippen LogP contribution < -0.4 is 0 Å². The first-order valence-corrected chi connectivity index (χ1v) is 13.6. The van der Waals surface area contributed by atoms with Gasteiger partial charge >= 0.3 is 0 Å². The topological polar surface area (TPSA) is 27.7 Å². The molecule has 0 aliphatic heterocycles. The Labute approximate surface area is 186 Å². The molecular weight excluding hydrogens is 372 g/mol. The van der Waals surface area contributed by atoms with E-state index in [-0.39, 0.29) is 0 Å². The summed E-state index contributed by atoms with van der Waals surface area (Å²) in [7, 11) is 0. The third kappa shape index (κ3) is 6.94. The molecule has 0 aromatic rings. The van der Waals surface area contributed by atoms with Gasteiger partial charge in [0.25, 0.3) is 0 Å². The van der Waals surface area contributed by atoms with Crippen molar-refractivity contribution >= 4 is 0 Å². The zero-order valence-corrected chi connectivity index (χ0v) is 19.7. The van der Waals surface area contributed by atoms with Gasteiger partial charge in [0.05, 0.1) is 25.4 Å². The van der Waals surface area contributed by atoms with Gasteiger partial charge in [0.1, 0.15) is 0 Å². The Morgan fingerprint density at radius 1 is 0.567 bits per heavy atom. The molecule has 4 aliphatic rings. The van der Waals surface area contributed by atoms with Crippen molar-refractivity contribution in [2.45, 2.75) is 115 Å². The number of fused-ring (bicyclic) bond motifs is 1. The molecule has 0 spiro atoms. The lowest BCUT2D eigenvalue weighted by molar-refractivity contribution is -0.135. The number of hydrogen-bond acceptors (Lipinski definition) is 3. The highest BCUT2D eigenvalue weighted by molar-refractivity contribution is 4.90. The Balaban J connectivity index is 1.19. The highest BCUT2D eigenvalue weighted by Gasteiger charge is 2.39. The van der Waals surface area contributed by atoms with Crippen LogP contribution in [0.2, 0.25) is 0 Å². The summed E-state index contributed by atoms with van der Waals surface area (Å²) < 4.78 is 19.1. The van der Waals surface area contributed by atoms with Crippen molar-refractivity contribution in [2.24, 2.45) is 29.6 Å². The fourth-order valence-electron chi connectivity index (χ4n) is 6.77. The molecule has 4 rings (SSSR count). The largest absolute Gasteiger partial charge is 0.379 e. The summed E-state index contributed by atoms with van der Waals surface area (Å²) in [5.41, 5.74) is 0. The molecule has 0 amide bonds. The Morgan fingerprint density at radius 3 is 1.87 bits per heavy atom. The van der Waals surface area contributed by atoms with Gasteiger partial charge in [-0.05, 0) is 68.1 Å². The van der Waals surface area contributed by atoms with Crippen molar-refractivity contribution in [3.63, 3.8) is 0 Å². The molecule has 4 aliphatic carbocycles. The minimum absolute atomic E-state index is 0.298. The van der Waals surface area contributed by atoms with E-state index < -0.39 is 0 Å². The Kier molecular flexibility index (Phi) is 9.38. The number of ether oxygens (including phenoxy) is 3. The summed E-state index contributed by atoms with van der Waals surface area (Å²) in [5.74, 6) is 4.27. The van der Waals surface area contributed by atoms with Gasteiger partial charge < -0.3 is 14.2 Å². The molecule has 0 aromatic heterocycles. The Bertz CT molecular complexity index is 467. The molecule has 0 bridgehead atoms. The molecule has 30 heavy (non-hydrogen) atoms. The van der Waals surface area contributed by atoms with E-state index in [4.69, 9.17) is 14.2 Å². The van der Waals surface area contributed by atoms with Crippen molar-refractivity contribution < 1.29 is 14.2 Å². The van der Waals surface area contributed by atoms with Crippen LogP contribution in [0.4, 0.5) is 0 Å². The van der Waals surface area contributed by atoms with Crippen molar-refractivity contribution in [1.29, 1.82) is 0 Å². The minimum Gasteiger partial charge on any atom is -0.379 e. The average molecular weight is 421 g/mol. The summed E-state index contributed by atoms with van der Waals surface area (Å²) in [4.78, 5) is 0. The van der Waals surface area contributed by atoms with Crippen LogP contribution in [0.3, 0.4) is 0 Å². The third-order valence-electron chi connectivity index (χ3n) is 8.87. The summed E-state index contributed by atoms with van der Waals surface area (Å²) >= 11 is 0. The van der Waals surface area contributed by atoms with Crippen molar-refractivity contribution in [1.82, 2.24) is 0 Å². The van der Waals surface area contributed by atoms with E-state index in [9.17, 15) is 0 Å². The molecule has 3 nitrogen and oxygen atoms in total. The van der Waals surface area contributed by atoms with E-state index in [1.165, 1.54) is 96.3 Å². The van der Waals surface area contributed by atoms with E-state index in [0.29, 0.717) is 12.2 Å². The summed E-state index contributed by atoms with van der Waals surface area (Å²) in [5, 5.41) is 0. The molecular formula is C27H48O3. The quantitative estimate of drug-likeness (QED) is 0.385. The van der Waals surface area contributed by atoms with Gasteiger partial charge in [0.2, 0.25) is 0 Å². The highest BCUT2D eigenvalue weighted by atomic mass is 16.6. The summed E-state index contributed by atoms with van der Waals surface area (Å²) in [6.45, 7) is 5.80. The van der Waals surface area contributed by atoms with Crippen LogP contribution in [-0.4, -0.2) is 38.6 Å². The Hall–Kier alpha value is -0.120. The fourth-order valence-corrected chi connectivity index (χ4v) is 6.77. The second-order valence-electron chi connectivity index (χ2n) is 11.3. The smallest absolute Gasteiger partial charge is 0.0840 e. The van der Waals surface area contributed by atoms with Gasteiger partial charge in [-0.2, -0.15) is 0 Å². The monoisotopic (exact) mass is 420 g/mol. The number of rotatable bonds is 9. The average Bonchev–Trinajstić information content (AvgIpc) is 2.79. The molecule has 0 radical (unpaired) electrons. The van der Waals surface area contributed by atoms with Crippen LogP contribution in [0.5, 0.6) is 0 Å². The van der Waals surface area contributed by atoms with Crippen LogP contribution in [-0.2, 0) is 14.2 Å². The van der Waals surface area contributed by atoms with Gasteiger partial charge in [0.15, 0.2) is 0 Å². The molecule has 174 valence electrons. The first-order chi connectivity index (χ1) is 14.8. The standard InChI is InChI=1S/C27H48O3/c1-21-11-13-23(14-12-21)19-28-15-16-29-26-17-24-9-5-6-10-25(24)18-27(26)30-20-22-7-3-2-4-8-22/h21-27H,2-20H2,1H3. The third-order valence-corrected chi connectivity index (χ3v) is 8.87. The zero-order valence-electron chi connectivity index (χ0n) is 19.7. The SMILES string of the molecule is CC1CCC(COCCOC2CC3CCCCC3CC2OCC2CCCCC2)CC1. The maximum Gasteiger partial charge on any atom is 0.0840 e. The highest BCUT2D eigenvalue weighted by Crippen LogP contribution is 2.42. The lowest BCUT2D eigenvalue weighted by atomic mass is 9.69.